The molecule has 5 rings (SSSR count). The van der Waals surface area contributed by atoms with Crippen LogP contribution in [-0.2, 0) is 47.9 Å². The van der Waals surface area contributed by atoms with Crippen LogP contribution in [0.25, 0.3) is 0 Å². The molecule has 266 valence electrons. The van der Waals surface area contributed by atoms with Crippen LogP contribution in [-0.4, -0.2) is 59.3 Å². The Morgan fingerprint density at radius 1 is 0.660 bits per heavy atom. The van der Waals surface area contributed by atoms with Crippen molar-refractivity contribution < 1.29 is 32.8 Å². The van der Waals surface area contributed by atoms with Gasteiger partial charge in [0.05, 0.1) is 40.1 Å². The Labute approximate surface area is 299 Å². The number of ether oxygens (including phenoxy) is 6. The molecule has 0 amide bonds. The molecule has 1 aliphatic rings. The van der Waals surface area contributed by atoms with Gasteiger partial charge in [0.1, 0.15) is 30.2 Å². The highest BCUT2D eigenvalue weighted by molar-refractivity contribution is 6.86. The maximum absolute atomic E-state index is 7.46. The lowest BCUT2D eigenvalue weighted by atomic mass is 9.98. The van der Waals surface area contributed by atoms with Gasteiger partial charge < -0.3 is 32.8 Å². The average molecular weight is 697 g/mol. The van der Waals surface area contributed by atoms with Crippen molar-refractivity contribution in [1.82, 2.24) is 0 Å². The summed E-state index contributed by atoms with van der Waals surface area (Å²) >= 11 is 0. The molecule has 0 aliphatic carbocycles. The molecule has 0 radical (unpaired) electrons. The van der Waals surface area contributed by atoms with Gasteiger partial charge in [-0.2, -0.15) is 0 Å². The van der Waals surface area contributed by atoms with Crippen LogP contribution in [0.2, 0.25) is 12.1 Å². The summed E-state index contributed by atoms with van der Waals surface area (Å²) in [6.45, 7) is 10.3. The molecule has 0 N–H and O–H groups in total. The van der Waals surface area contributed by atoms with Crippen LogP contribution < -0.4 is 9.92 Å². The molecule has 0 bridgehead atoms. The first-order valence-electron chi connectivity index (χ1n) is 17.7. The second kappa shape index (κ2) is 19.7. The topological polar surface area (TPSA) is 64.6 Å². The van der Waals surface area contributed by atoms with E-state index in [1.54, 1.807) is 7.11 Å². The van der Waals surface area contributed by atoms with Crippen LogP contribution in [0.4, 0.5) is 0 Å². The normalized spacial score (nSPS) is 20.7. The average Bonchev–Trinajstić information content (AvgIpc) is 3.17. The Morgan fingerprint density at radius 2 is 1.20 bits per heavy atom. The van der Waals surface area contributed by atoms with Gasteiger partial charge >= 0.3 is 0 Å². The van der Waals surface area contributed by atoms with Gasteiger partial charge in [0.15, 0.2) is 6.29 Å². The molecule has 1 saturated heterocycles. The van der Waals surface area contributed by atoms with Gasteiger partial charge in [-0.15, -0.1) is 6.58 Å². The van der Waals surface area contributed by atoms with E-state index in [2.05, 4.69) is 69.0 Å². The molecule has 0 aromatic heterocycles. The van der Waals surface area contributed by atoms with Gasteiger partial charge in [0.2, 0.25) is 8.32 Å². The quantitative estimate of drug-likeness (QED) is 0.0528. The van der Waals surface area contributed by atoms with E-state index in [-0.39, 0.29) is 6.61 Å². The van der Waals surface area contributed by atoms with E-state index in [4.69, 9.17) is 32.8 Å². The van der Waals surface area contributed by atoms with Gasteiger partial charge in [-0.1, -0.05) is 123 Å². The fraction of sp³-hybridized carbons (Fsp3) is 0.381. The van der Waals surface area contributed by atoms with E-state index in [0.29, 0.717) is 32.8 Å². The Bertz CT molecular complexity index is 1520. The lowest BCUT2D eigenvalue weighted by Gasteiger charge is -2.48. The third-order valence-corrected chi connectivity index (χ3v) is 13.7. The molecule has 0 saturated carbocycles. The highest BCUT2D eigenvalue weighted by Crippen LogP contribution is 2.34. The first-order valence-corrected chi connectivity index (χ1v) is 20.0. The molecule has 1 aliphatic heterocycles. The van der Waals surface area contributed by atoms with E-state index in [1.165, 1.54) is 5.19 Å². The van der Waals surface area contributed by atoms with E-state index in [0.717, 1.165) is 34.5 Å². The highest BCUT2D eigenvalue weighted by Gasteiger charge is 2.52. The summed E-state index contributed by atoms with van der Waals surface area (Å²) < 4.78 is 46.4. The SMILES string of the molecule is C=CCCO[C@H]1O[C@H](COCc2ccccc2)[C@@H](OCc2ccccc2)[C@H](OCc2ccccc2)[C@H]1O[Si](CC)(CC)c1ccc(OC)cc1. The molecule has 50 heavy (non-hydrogen) atoms. The van der Waals surface area contributed by atoms with Crippen molar-refractivity contribution in [2.45, 2.75) is 82.9 Å². The molecule has 0 spiro atoms. The van der Waals surface area contributed by atoms with Crippen molar-refractivity contribution in [3.8, 4) is 5.75 Å². The van der Waals surface area contributed by atoms with E-state index < -0.39 is 39.0 Å². The fourth-order valence-electron chi connectivity index (χ4n) is 6.38. The van der Waals surface area contributed by atoms with Crippen molar-refractivity contribution >= 4 is 13.5 Å². The van der Waals surface area contributed by atoms with E-state index in [9.17, 15) is 0 Å². The Morgan fingerprint density at radius 3 is 1.72 bits per heavy atom. The minimum absolute atomic E-state index is 0.288. The van der Waals surface area contributed by atoms with Crippen LogP contribution in [0.1, 0.15) is 37.0 Å². The fourth-order valence-corrected chi connectivity index (χ4v) is 9.71. The molecular formula is C42H52O7Si. The Kier molecular flexibility index (Phi) is 14.8. The monoisotopic (exact) mass is 696 g/mol. The summed E-state index contributed by atoms with van der Waals surface area (Å²) in [5.74, 6) is 0.812. The largest absolute Gasteiger partial charge is 0.497 e. The van der Waals surface area contributed by atoms with Crippen LogP contribution in [0.3, 0.4) is 0 Å². The molecule has 0 unspecified atom stereocenters. The minimum Gasteiger partial charge on any atom is -0.497 e. The highest BCUT2D eigenvalue weighted by atomic mass is 28.4. The third-order valence-electron chi connectivity index (χ3n) is 9.28. The maximum Gasteiger partial charge on any atom is 0.224 e. The van der Waals surface area contributed by atoms with Crippen molar-refractivity contribution in [3.05, 3.63) is 145 Å². The maximum atomic E-state index is 7.46. The zero-order chi connectivity index (χ0) is 35.0. The summed E-state index contributed by atoms with van der Waals surface area (Å²) in [6.07, 6.45) is -0.317. The Hall–Kier alpha value is -3.60. The zero-order valence-corrected chi connectivity index (χ0v) is 30.7. The summed E-state index contributed by atoms with van der Waals surface area (Å²) in [5, 5.41) is 1.19. The number of benzene rings is 4. The Balaban J connectivity index is 1.52. The molecule has 8 heteroatoms. The van der Waals surface area contributed by atoms with Crippen molar-refractivity contribution in [2.24, 2.45) is 0 Å². The van der Waals surface area contributed by atoms with E-state index in [1.807, 2.05) is 72.8 Å². The molecule has 1 heterocycles. The van der Waals surface area contributed by atoms with Gasteiger partial charge in [-0.05, 0) is 52.5 Å². The standard InChI is InChI=1S/C42H52O7Si/c1-5-8-28-45-42-41(49-50(6-2,7-3)37-26-24-36(43-4)25-27-37)40(47-31-35-22-16-11-17-23-35)39(46-30-34-20-14-10-15-21-34)38(48-42)32-44-29-33-18-12-9-13-19-33/h5,9-27,38-42H,1,6-8,28-32H2,2-4H3/t38-,39-,40+,41-,42+/m1/s1. The van der Waals surface area contributed by atoms with E-state index >= 15 is 0 Å². The van der Waals surface area contributed by atoms with Gasteiger partial charge in [0.25, 0.3) is 0 Å². The molecular weight excluding hydrogens is 645 g/mol. The number of hydrogen-bond acceptors (Lipinski definition) is 7. The summed E-state index contributed by atoms with van der Waals surface area (Å²) in [4.78, 5) is 0. The predicted octanol–water partition coefficient (Wildman–Crippen LogP) is 7.98. The zero-order valence-electron chi connectivity index (χ0n) is 29.7. The van der Waals surface area contributed by atoms with Crippen LogP contribution >= 0.6 is 0 Å². The number of hydrogen-bond donors (Lipinski definition) is 0. The molecule has 7 nitrogen and oxygen atoms in total. The van der Waals surface area contributed by atoms with Gasteiger partial charge in [-0.25, -0.2) is 0 Å². The van der Waals surface area contributed by atoms with Crippen molar-refractivity contribution in [3.63, 3.8) is 0 Å². The van der Waals surface area contributed by atoms with Gasteiger partial charge in [0, 0.05) is 0 Å². The van der Waals surface area contributed by atoms with Crippen molar-refractivity contribution in [1.29, 1.82) is 0 Å². The first kappa shape index (κ1) is 37.6. The molecule has 4 aromatic carbocycles. The summed E-state index contributed by atoms with van der Waals surface area (Å²) in [7, 11) is -0.907. The number of rotatable bonds is 20. The predicted molar refractivity (Wildman–Crippen MR) is 200 cm³/mol. The number of methoxy groups -OCH3 is 1. The van der Waals surface area contributed by atoms with Gasteiger partial charge in [-0.3, -0.25) is 0 Å². The molecule has 4 aromatic rings. The third kappa shape index (κ3) is 10.2. The minimum atomic E-state index is -2.59. The van der Waals surface area contributed by atoms with Crippen LogP contribution in [0, 0.1) is 0 Å². The lowest BCUT2D eigenvalue weighted by molar-refractivity contribution is -0.315. The molecule has 1 fully saturated rings. The summed E-state index contributed by atoms with van der Waals surface area (Å²) in [5.41, 5.74) is 3.21. The van der Waals surface area contributed by atoms with Crippen LogP contribution in [0.15, 0.2) is 128 Å². The smallest absolute Gasteiger partial charge is 0.224 e. The van der Waals surface area contributed by atoms with Crippen LogP contribution in [0.5, 0.6) is 5.75 Å². The second-order valence-corrected chi connectivity index (χ2v) is 16.7. The van der Waals surface area contributed by atoms with Crippen molar-refractivity contribution in [2.75, 3.05) is 20.3 Å². The summed E-state index contributed by atoms with van der Waals surface area (Å²) in [6, 6.07) is 40.5. The lowest BCUT2D eigenvalue weighted by Crippen LogP contribution is -2.65. The second-order valence-electron chi connectivity index (χ2n) is 12.5. The molecule has 5 atom stereocenters. The first-order chi connectivity index (χ1) is 24.6.